The molecule has 3 rings (SSSR count). The fourth-order valence-electron chi connectivity index (χ4n) is 2.38. The van der Waals surface area contributed by atoms with Crippen molar-refractivity contribution in [3.63, 3.8) is 0 Å². The van der Waals surface area contributed by atoms with Crippen molar-refractivity contribution >= 4 is 11.6 Å². The summed E-state index contributed by atoms with van der Waals surface area (Å²) in [6.07, 6.45) is 2.56. The number of aromatic nitrogens is 1. The molecular weight excluding hydrogens is 356 g/mol. The first kappa shape index (κ1) is 19.2. The first-order valence-corrected chi connectivity index (χ1v) is 9.08. The second kappa shape index (κ2) is 9.97. The Balaban J connectivity index is 1.51. The van der Waals surface area contributed by atoms with Crippen molar-refractivity contribution in [1.29, 1.82) is 0 Å². The molecule has 1 N–H and O–H groups in total. The van der Waals surface area contributed by atoms with Gasteiger partial charge in [0.05, 0.1) is 12.3 Å². The molecular formula is C22H22N2O4. The van der Waals surface area contributed by atoms with Crippen LogP contribution in [0.3, 0.4) is 0 Å². The number of hydrogen-bond donors (Lipinski definition) is 1. The molecule has 0 spiro atoms. The van der Waals surface area contributed by atoms with Crippen LogP contribution in [0.15, 0.2) is 72.9 Å². The highest BCUT2D eigenvalue weighted by Crippen LogP contribution is 2.24. The molecule has 144 valence electrons. The third kappa shape index (κ3) is 5.74. The van der Waals surface area contributed by atoms with Gasteiger partial charge in [0.15, 0.2) is 6.61 Å². The number of anilines is 1. The molecule has 3 aromatic rings. The van der Waals surface area contributed by atoms with Gasteiger partial charge in [0.1, 0.15) is 17.2 Å². The van der Waals surface area contributed by atoms with Crippen molar-refractivity contribution in [2.24, 2.45) is 0 Å². The summed E-state index contributed by atoms with van der Waals surface area (Å²) in [4.78, 5) is 16.3. The highest BCUT2D eigenvalue weighted by molar-refractivity contribution is 5.93. The number of rotatable bonds is 9. The quantitative estimate of drug-likeness (QED) is 0.585. The molecule has 0 atom stereocenters. The van der Waals surface area contributed by atoms with Crippen molar-refractivity contribution in [2.75, 3.05) is 18.5 Å². The Bertz CT molecular complexity index is 883. The fraction of sp³-hybridized carbons (Fsp3) is 0.182. The van der Waals surface area contributed by atoms with Gasteiger partial charge in [-0.15, -0.1) is 0 Å². The minimum Gasteiger partial charge on any atom is -0.491 e. The van der Waals surface area contributed by atoms with Crippen LogP contribution < -0.4 is 19.5 Å². The lowest BCUT2D eigenvalue weighted by Gasteiger charge is -2.12. The van der Waals surface area contributed by atoms with Crippen LogP contribution in [0.25, 0.3) is 0 Å². The smallest absolute Gasteiger partial charge is 0.262 e. The monoisotopic (exact) mass is 378 g/mol. The lowest BCUT2D eigenvalue weighted by atomic mass is 10.3. The first-order chi connectivity index (χ1) is 13.7. The predicted octanol–water partition coefficient (Wildman–Crippen LogP) is 4.68. The maximum absolute atomic E-state index is 12.2. The number of pyridine rings is 1. The van der Waals surface area contributed by atoms with Gasteiger partial charge in [-0.25, -0.2) is 4.98 Å². The zero-order valence-corrected chi connectivity index (χ0v) is 15.6. The van der Waals surface area contributed by atoms with Crippen molar-refractivity contribution in [3.05, 3.63) is 72.9 Å². The molecule has 1 aromatic heterocycles. The second-order valence-corrected chi connectivity index (χ2v) is 5.92. The van der Waals surface area contributed by atoms with E-state index in [4.69, 9.17) is 14.2 Å². The Kier molecular flexibility index (Phi) is 6.84. The number of nitrogens with zero attached hydrogens (tertiary/aromatic N) is 1. The van der Waals surface area contributed by atoms with E-state index in [0.29, 0.717) is 35.4 Å². The number of nitrogens with one attached hydrogen (secondary N) is 1. The van der Waals surface area contributed by atoms with E-state index in [1.807, 2.05) is 37.3 Å². The van der Waals surface area contributed by atoms with Crippen LogP contribution in [-0.2, 0) is 4.79 Å². The van der Waals surface area contributed by atoms with Gasteiger partial charge in [0.2, 0.25) is 5.88 Å². The molecule has 28 heavy (non-hydrogen) atoms. The molecule has 1 amide bonds. The maximum atomic E-state index is 12.2. The van der Waals surface area contributed by atoms with Gasteiger partial charge in [-0.2, -0.15) is 0 Å². The van der Waals surface area contributed by atoms with Crippen LogP contribution in [0.4, 0.5) is 5.69 Å². The van der Waals surface area contributed by atoms with Crippen molar-refractivity contribution in [1.82, 2.24) is 4.98 Å². The van der Waals surface area contributed by atoms with E-state index in [0.717, 1.165) is 6.42 Å². The van der Waals surface area contributed by atoms with Crippen LogP contribution in [0.5, 0.6) is 23.1 Å². The summed E-state index contributed by atoms with van der Waals surface area (Å²) < 4.78 is 16.8. The van der Waals surface area contributed by atoms with Crippen molar-refractivity contribution in [2.45, 2.75) is 13.3 Å². The number of amides is 1. The minimum atomic E-state index is -0.263. The molecule has 6 heteroatoms. The molecule has 0 radical (unpaired) electrons. The van der Waals surface area contributed by atoms with Crippen LogP contribution in [0, 0.1) is 0 Å². The summed E-state index contributed by atoms with van der Waals surface area (Å²) in [6.45, 7) is 2.51. The number of para-hydroxylation sites is 2. The van der Waals surface area contributed by atoms with E-state index >= 15 is 0 Å². The molecule has 0 aliphatic carbocycles. The third-order valence-corrected chi connectivity index (χ3v) is 3.68. The molecule has 0 saturated carbocycles. The van der Waals surface area contributed by atoms with Gasteiger partial charge < -0.3 is 19.5 Å². The van der Waals surface area contributed by atoms with Crippen LogP contribution in [0.1, 0.15) is 13.3 Å². The molecule has 0 saturated heterocycles. The summed E-state index contributed by atoms with van der Waals surface area (Å²) in [5.74, 6) is 2.10. The highest BCUT2D eigenvalue weighted by atomic mass is 16.5. The molecule has 1 heterocycles. The number of carbonyl (C=O) groups is 1. The summed E-state index contributed by atoms with van der Waals surface area (Å²) in [5, 5.41) is 2.81. The van der Waals surface area contributed by atoms with E-state index in [1.165, 1.54) is 0 Å². The zero-order valence-electron chi connectivity index (χ0n) is 15.6. The van der Waals surface area contributed by atoms with Crippen LogP contribution >= 0.6 is 0 Å². The van der Waals surface area contributed by atoms with E-state index in [1.54, 1.807) is 42.6 Å². The molecule has 0 aliphatic rings. The number of ether oxygens (including phenoxy) is 3. The summed E-state index contributed by atoms with van der Waals surface area (Å²) in [5.41, 5.74) is 0.628. The van der Waals surface area contributed by atoms with E-state index < -0.39 is 0 Å². The topological polar surface area (TPSA) is 69.7 Å². The van der Waals surface area contributed by atoms with Gasteiger partial charge in [0.25, 0.3) is 5.91 Å². The van der Waals surface area contributed by atoms with Crippen molar-refractivity contribution in [3.8, 4) is 23.1 Å². The second-order valence-electron chi connectivity index (χ2n) is 5.92. The van der Waals surface area contributed by atoms with Crippen LogP contribution in [0.2, 0.25) is 0 Å². The van der Waals surface area contributed by atoms with Gasteiger partial charge in [-0.1, -0.05) is 25.1 Å². The molecule has 2 aromatic carbocycles. The Morgan fingerprint density at radius 2 is 1.68 bits per heavy atom. The Morgan fingerprint density at radius 3 is 2.43 bits per heavy atom. The van der Waals surface area contributed by atoms with E-state index in [-0.39, 0.29) is 12.5 Å². The minimum absolute atomic E-state index is 0.109. The zero-order chi connectivity index (χ0) is 19.6. The molecule has 0 bridgehead atoms. The van der Waals surface area contributed by atoms with Gasteiger partial charge in [-0.3, -0.25) is 4.79 Å². The average Bonchev–Trinajstić information content (AvgIpc) is 2.73. The Hall–Kier alpha value is -3.54. The molecule has 0 aliphatic heterocycles. The third-order valence-electron chi connectivity index (χ3n) is 3.68. The molecule has 0 unspecified atom stereocenters. The van der Waals surface area contributed by atoms with E-state index in [9.17, 15) is 4.79 Å². The highest BCUT2D eigenvalue weighted by Gasteiger charge is 2.08. The van der Waals surface area contributed by atoms with Gasteiger partial charge in [0, 0.05) is 12.3 Å². The van der Waals surface area contributed by atoms with Gasteiger partial charge in [-0.05, 0) is 48.9 Å². The SMILES string of the molecule is CCCOc1ccccc1NC(=O)COc1ccc(Oc2ccccn2)cc1. The van der Waals surface area contributed by atoms with Gasteiger partial charge >= 0.3 is 0 Å². The normalized spacial score (nSPS) is 10.2. The predicted molar refractivity (Wildman–Crippen MR) is 107 cm³/mol. The Morgan fingerprint density at radius 1 is 0.929 bits per heavy atom. The fourth-order valence-corrected chi connectivity index (χ4v) is 2.38. The molecule has 0 fully saturated rings. The summed E-state index contributed by atoms with van der Waals surface area (Å²) in [7, 11) is 0. The van der Waals surface area contributed by atoms with E-state index in [2.05, 4.69) is 10.3 Å². The largest absolute Gasteiger partial charge is 0.491 e. The lowest BCUT2D eigenvalue weighted by molar-refractivity contribution is -0.118. The first-order valence-electron chi connectivity index (χ1n) is 9.08. The van der Waals surface area contributed by atoms with Crippen LogP contribution in [-0.4, -0.2) is 24.1 Å². The standard InChI is InChI=1S/C22H22N2O4/c1-2-15-26-20-8-4-3-7-19(20)24-21(25)16-27-17-10-12-18(13-11-17)28-22-9-5-6-14-23-22/h3-14H,2,15-16H2,1H3,(H,24,25). The number of carbonyl (C=O) groups excluding carboxylic acids is 1. The van der Waals surface area contributed by atoms with Crippen molar-refractivity contribution < 1.29 is 19.0 Å². The summed E-state index contributed by atoms with van der Waals surface area (Å²) >= 11 is 0. The average molecular weight is 378 g/mol. The summed E-state index contributed by atoms with van der Waals surface area (Å²) in [6, 6.07) is 19.8. The molecule has 6 nitrogen and oxygen atoms in total. The lowest BCUT2D eigenvalue weighted by Crippen LogP contribution is -2.20. The maximum Gasteiger partial charge on any atom is 0.262 e. The Labute approximate surface area is 164 Å². The number of hydrogen-bond acceptors (Lipinski definition) is 5. The number of benzene rings is 2.